The second-order valence-electron chi connectivity index (χ2n) is 13.2. The van der Waals surface area contributed by atoms with Gasteiger partial charge in [-0.05, 0) is 65.3 Å². The topological polar surface area (TPSA) is 88.1 Å². The van der Waals surface area contributed by atoms with E-state index in [0.29, 0.717) is 12.0 Å². The Labute approximate surface area is 303 Å². The Morgan fingerprint density at radius 1 is 0.673 bits per heavy atom. The fourth-order valence-electron chi connectivity index (χ4n) is 7.54. The van der Waals surface area contributed by atoms with Crippen molar-refractivity contribution < 1.29 is 0 Å². The second kappa shape index (κ2) is 14.8. The highest BCUT2D eigenvalue weighted by atomic mass is 15.3. The van der Waals surface area contributed by atoms with Crippen molar-refractivity contribution in [2.75, 3.05) is 0 Å². The largest absolute Gasteiger partial charge is 0.361 e. The summed E-state index contributed by atoms with van der Waals surface area (Å²) in [6.07, 6.45) is 10.2. The van der Waals surface area contributed by atoms with Crippen LogP contribution in [-0.4, -0.2) is 29.3 Å². The number of hydrogen-bond donors (Lipinski definition) is 1. The Morgan fingerprint density at radius 2 is 1.33 bits per heavy atom. The van der Waals surface area contributed by atoms with E-state index in [2.05, 4.69) is 154 Å². The highest BCUT2D eigenvalue weighted by molar-refractivity contribution is 5.83. The average Bonchev–Trinajstić information content (AvgIpc) is 3.95. The molecule has 254 valence electrons. The molecule has 0 bridgehead atoms. The Kier molecular flexibility index (Phi) is 9.27. The molecule has 1 N–H and O–H groups in total. The molecule has 0 aliphatic rings. The minimum Gasteiger partial charge on any atom is -0.361 e. The Morgan fingerprint density at radius 3 is 2.02 bits per heavy atom. The molecule has 7 heteroatoms. The summed E-state index contributed by atoms with van der Waals surface area (Å²) in [5, 5.41) is 20.2. The van der Waals surface area contributed by atoms with Crippen molar-refractivity contribution >= 4 is 10.9 Å². The van der Waals surface area contributed by atoms with Crippen molar-refractivity contribution in [2.45, 2.75) is 44.2 Å². The predicted octanol–water partition coefficient (Wildman–Crippen LogP) is 8.68. The van der Waals surface area contributed by atoms with Crippen LogP contribution in [0.1, 0.15) is 57.1 Å². The van der Waals surface area contributed by atoms with Crippen LogP contribution in [0.5, 0.6) is 0 Å². The van der Waals surface area contributed by atoms with Gasteiger partial charge in [0.2, 0.25) is 0 Å². The van der Waals surface area contributed by atoms with E-state index >= 15 is 0 Å². The van der Waals surface area contributed by atoms with E-state index in [-0.39, 0.29) is 0 Å². The van der Waals surface area contributed by atoms with Gasteiger partial charge < -0.3 is 14.1 Å². The summed E-state index contributed by atoms with van der Waals surface area (Å²) < 4.78 is 4.56. The van der Waals surface area contributed by atoms with E-state index in [1.165, 1.54) is 27.6 Å². The number of para-hydroxylation sites is 1. The average molecular weight is 678 g/mol. The molecule has 0 fully saturated rings. The maximum Gasteiger partial charge on any atom is 0.137 e. The Balaban J connectivity index is 1.08. The highest BCUT2D eigenvalue weighted by Gasteiger charge is 2.38. The van der Waals surface area contributed by atoms with Gasteiger partial charge in [-0.1, -0.05) is 121 Å². The number of fused-ring (bicyclic) bond motifs is 1. The lowest BCUT2D eigenvalue weighted by atomic mass is 9.77. The standard InChI is InChI=1S/C45H39N7/c46-30-35-15-12-14-34(28-35)29-44-50-49-43(26-25-36-31-47-42-24-11-10-23-41(36)42)52(44)27-13-22-40-32-51(33-48-40)45(37-16-4-1-5-17-37,38-18-6-2-7-19-38)39-20-8-3-9-21-39/h1-12,14-21,23-24,28,31-33,47H,13,22,25-27,29H2. The summed E-state index contributed by atoms with van der Waals surface area (Å²) in [6.45, 7) is 0.761. The fraction of sp³-hybridized carbons (Fsp3) is 0.156. The van der Waals surface area contributed by atoms with Gasteiger partial charge in [0.05, 0.1) is 23.7 Å². The number of nitrogens with zero attached hydrogens (tertiary/aromatic N) is 6. The number of hydrogen-bond acceptors (Lipinski definition) is 4. The van der Waals surface area contributed by atoms with E-state index in [4.69, 9.17) is 15.2 Å². The molecule has 0 aliphatic heterocycles. The molecule has 0 saturated heterocycles. The fourth-order valence-corrected chi connectivity index (χ4v) is 7.54. The Bertz CT molecular complexity index is 2340. The molecule has 0 radical (unpaired) electrons. The SMILES string of the molecule is N#Cc1cccc(Cc2nnc(CCc3c[nH]c4ccccc34)n2CCCc2cn(C(c3ccccc3)(c3ccccc3)c3ccccc3)cn2)c1. The van der Waals surface area contributed by atoms with Crippen molar-refractivity contribution in [3.05, 3.63) is 209 Å². The molecule has 0 unspecified atom stereocenters. The van der Waals surface area contributed by atoms with Crippen LogP contribution < -0.4 is 0 Å². The number of aryl methyl sites for hydroxylation is 3. The summed E-state index contributed by atoms with van der Waals surface area (Å²) in [7, 11) is 0. The molecule has 0 spiro atoms. The molecule has 8 aromatic rings. The summed E-state index contributed by atoms with van der Waals surface area (Å²) in [5.41, 5.74) is 8.07. The summed E-state index contributed by atoms with van der Waals surface area (Å²) in [4.78, 5) is 8.40. The number of benzene rings is 5. The Hall–Kier alpha value is -6.52. The lowest BCUT2D eigenvalue weighted by Crippen LogP contribution is -2.36. The van der Waals surface area contributed by atoms with E-state index in [1.807, 2.05) is 24.5 Å². The molecule has 8 rings (SSSR count). The van der Waals surface area contributed by atoms with Gasteiger partial charge in [-0.25, -0.2) is 4.98 Å². The highest BCUT2D eigenvalue weighted by Crippen LogP contribution is 2.40. The quantitative estimate of drug-likeness (QED) is 0.124. The second-order valence-corrected chi connectivity index (χ2v) is 13.2. The van der Waals surface area contributed by atoms with Gasteiger partial charge in [-0.3, -0.25) is 0 Å². The van der Waals surface area contributed by atoms with Gasteiger partial charge in [-0.15, -0.1) is 10.2 Å². The van der Waals surface area contributed by atoms with E-state index < -0.39 is 5.54 Å². The molecule has 0 atom stereocenters. The van der Waals surface area contributed by atoms with Gasteiger partial charge in [0, 0.05) is 42.7 Å². The van der Waals surface area contributed by atoms with Crippen LogP contribution in [-0.2, 0) is 37.8 Å². The number of nitrogens with one attached hydrogen (secondary N) is 1. The third kappa shape index (κ3) is 6.43. The van der Waals surface area contributed by atoms with E-state index in [1.54, 1.807) is 0 Å². The van der Waals surface area contributed by atoms with Gasteiger partial charge >= 0.3 is 0 Å². The van der Waals surface area contributed by atoms with Crippen LogP contribution in [0, 0.1) is 11.3 Å². The van der Waals surface area contributed by atoms with Crippen LogP contribution in [0.2, 0.25) is 0 Å². The lowest BCUT2D eigenvalue weighted by molar-refractivity contribution is 0.513. The van der Waals surface area contributed by atoms with E-state index in [0.717, 1.165) is 60.7 Å². The van der Waals surface area contributed by atoms with Crippen molar-refractivity contribution in [2.24, 2.45) is 0 Å². The van der Waals surface area contributed by atoms with Gasteiger partial charge in [0.15, 0.2) is 0 Å². The van der Waals surface area contributed by atoms with Gasteiger partial charge in [-0.2, -0.15) is 5.26 Å². The zero-order chi connectivity index (χ0) is 35.2. The zero-order valence-corrected chi connectivity index (χ0v) is 28.9. The number of rotatable bonds is 13. The summed E-state index contributed by atoms with van der Waals surface area (Å²) >= 11 is 0. The number of imidazole rings is 1. The minimum atomic E-state index is -0.593. The summed E-state index contributed by atoms with van der Waals surface area (Å²) in [5.74, 6) is 1.88. The molecule has 5 aromatic carbocycles. The van der Waals surface area contributed by atoms with Crippen molar-refractivity contribution in [3.63, 3.8) is 0 Å². The number of aromatic amines is 1. The normalized spacial score (nSPS) is 11.5. The molecule has 0 amide bonds. The van der Waals surface area contributed by atoms with Crippen LogP contribution in [0.4, 0.5) is 0 Å². The van der Waals surface area contributed by atoms with Crippen LogP contribution in [0.15, 0.2) is 158 Å². The maximum atomic E-state index is 9.50. The molecular weight excluding hydrogens is 639 g/mol. The van der Waals surface area contributed by atoms with Crippen molar-refractivity contribution in [1.82, 2.24) is 29.3 Å². The molecule has 7 nitrogen and oxygen atoms in total. The molecule has 52 heavy (non-hydrogen) atoms. The molecular formula is C45H39N7. The first kappa shape index (κ1) is 32.7. The van der Waals surface area contributed by atoms with Crippen molar-refractivity contribution in [1.29, 1.82) is 5.26 Å². The number of nitriles is 1. The van der Waals surface area contributed by atoms with Crippen LogP contribution >= 0.6 is 0 Å². The first-order chi connectivity index (χ1) is 25.7. The van der Waals surface area contributed by atoms with E-state index in [9.17, 15) is 5.26 Å². The number of aromatic nitrogens is 6. The first-order valence-electron chi connectivity index (χ1n) is 17.9. The third-order valence-electron chi connectivity index (χ3n) is 10.0. The van der Waals surface area contributed by atoms with Crippen molar-refractivity contribution in [3.8, 4) is 6.07 Å². The monoisotopic (exact) mass is 677 g/mol. The van der Waals surface area contributed by atoms with Crippen LogP contribution in [0.3, 0.4) is 0 Å². The molecule has 3 heterocycles. The number of H-pyrrole nitrogens is 1. The smallest absolute Gasteiger partial charge is 0.137 e. The summed E-state index contributed by atoms with van der Waals surface area (Å²) in [6, 6.07) is 50.5. The maximum absolute atomic E-state index is 9.50. The molecule has 0 saturated carbocycles. The van der Waals surface area contributed by atoms with Gasteiger partial charge in [0.1, 0.15) is 17.2 Å². The minimum absolute atomic E-state index is 0.593. The lowest BCUT2D eigenvalue weighted by Gasteiger charge is -2.37. The van der Waals surface area contributed by atoms with Crippen LogP contribution in [0.25, 0.3) is 10.9 Å². The first-order valence-corrected chi connectivity index (χ1v) is 17.9. The third-order valence-corrected chi connectivity index (χ3v) is 10.0. The molecule has 0 aliphatic carbocycles. The van der Waals surface area contributed by atoms with Gasteiger partial charge in [0.25, 0.3) is 0 Å². The predicted molar refractivity (Wildman–Crippen MR) is 205 cm³/mol. The molecule has 3 aromatic heterocycles. The zero-order valence-electron chi connectivity index (χ0n) is 28.9.